The molecule has 138 valence electrons. The van der Waals surface area contributed by atoms with Crippen LogP contribution in [-0.2, 0) is 14.2 Å². The van der Waals surface area contributed by atoms with Crippen molar-refractivity contribution in [2.45, 2.75) is 45.1 Å². The lowest BCUT2D eigenvalue weighted by Crippen LogP contribution is -2.38. The van der Waals surface area contributed by atoms with Crippen molar-refractivity contribution < 1.29 is 14.2 Å². The molecule has 23 heavy (non-hydrogen) atoms. The molecule has 0 aromatic rings. The van der Waals surface area contributed by atoms with Crippen LogP contribution in [0.4, 0.5) is 0 Å². The highest BCUT2D eigenvalue weighted by atomic mass is 127. The van der Waals surface area contributed by atoms with Crippen LogP contribution in [0.15, 0.2) is 4.99 Å². The van der Waals surface area contributed by atoms with E-state index in [1.165, 1.54) is 6.42 Å². The van der Waals surface area contributed by atoms with Crippen molar-refractivity contribution in [3.63, 3.8) is 0 Å². The third-order valence-electron chi connectivity index (χ3n) is 3.52. The number of hydrogen-bond acceptors (Lipinski definition) is 4. The van der Waals surface area contributed by atoms with Gasteiger partial charge in [0.05, 0.1) is 12.7 Å². The molecule has 0 amide bonds. The molecule has 1 aliphatic heterocycles. The number of unbranched alkanes of at least 4 members (excludes halogenated alkanes) is 1. The number of guanidine groups is 1. The first-order valence-electron chi connectivity index (χ1n) is 8.58. The van der Waals surface area contributed by atoms with E-state index in [4.69, 9.17) is 14.2 Å². The Morgan fingerprint density at radius 1 is 1.13 bits per heavy atom. The van der Waals surface area contributed by atoms with Crippen LogP contribution < -0.4 is 10.6 Å². The van der Waals surface area contributed by atoms with Gasteiger partial charge in [0.1, 0.15) is 0 Å². The monoisotopic (exact) mass is 443 g/mol. The zero-order valence-corrected chi connectivity index (χ0v) is 17.0. The molecule has 1 atom stereocenters. The lowest BCUT2D eigenvalue weighted by atomic mass is 10.2. The Bertz CT molecular complexity index is 288. The standard InChI is InChI=1S/C16H33N3O3.HI/c1-3-20-11-5-4-9-18-16(17-2)19-10-7-12-21-14-15-8-6-13-22-15;/h15H,3-14H2,1-2H3,(H2,17,18,19);1H. The number of nitrogens with zero attached hydrogens (tertiary/aromatic N) is 1. The molecule has 1 aliphatic rings. The van der Waals surface area contributed by atoms with Gasteiger partial charge in [0.15, 0.2) is 5.96 Å². The van der Waals surface area contributed by atoms with Crippen molar-refractivity contribution in [1.29, 1.82) is 0 Å². The van der Waals surface area contributed by atoms with Crippen molar-refractivity contribution in [2.75, 3.05) is 53.2 Å². The normalized spacial score (nSPS) is 17.8. The number of rotatable bonds is 12. The summed E-state index contributed by atoms with van der Waals surface area (Å²) in [5.41, 5.74) is 0. The average molecular weight is 443 g/mol. The lowest BCUT2D eigenvalue weighted by Gasteiger charge is -2.13. The lowest BCUT2D eigenvalue weighted by molar-refractivity contribution is 0.0168. The number of ether oxygens (including phenoxy) is 3. The summed E-state index contributed by atoms with van der Waals surface area (Å²) in [4.78, 5) is 4.21. The molecule has 0 saturated carbocycles. The third-order valence-corrected chi connectivity index (χ3v) is 3.52. The summed E-state index contributed by atoms with van der Waals surface area (Å²) in [6.45, 7) is 7.83. The van der Waals surface area contributed by atoms with Crippen LogP contribution in [0.1, 0.15) is 39.0 Å². The van der Waals surface area contributed by atoms with Crippen LogP contribution in [0, 0.1) is 0 Å². The molecule has 1 heterocycles. The van der Waals surface area contributed by atoms with Crippen LogP contribution in [0.2, 0.25) is 0 Å². The second kappa shape index (κ2) is 16.7. The Morgan fingerprint density at radius 2 is 1.87 bits per heavy atom. The van der Waals surface area contributed by atoms with Gasteiger partial charge in [-0.3, -0.25) is 4.99 Å². The maximum atomic E-state index is 5.63. The molecule has 1 fully saturated rings. The van der Waals surface area contributed by atoms with E-state index in [2.05, 4.69) is 15.6 Å². The van der Waals surface area contributed by atoms with Crippen LogP contribution in [-0.4, -0.2) is 65.2 Å². The number of halogens is 1. The highest BCUT2D eigenvalue weighted by molar-refractivity contribution is 14.0. The first-order valence-corrected chi connectivity index (χ1v) is 8.58. The fourth-order valence-electron chi connectivity index (χ4n) is 2.27. The SMILES string of the molecule is CCOCCCCNC(=NC)NCCCOCC1CCCO1.I. The van der Waals surface area contributed by atoms with Crippen molar-refractivity contribution in [3.8, 4) is 0 Å². The fourth-order valence-corrected chi connectivity index (χ4v) is 2.27. The number of aliphatic imine (C=N–C) groups is 1. The first kappa shape index (κ1) is 22.9. The summed E-state index contributed by atoms with van der Waals surface area (Å²) in [6.07, 6.45) is 5.76. The van der Waals surface area contributed by atoms with Crippen molar-refractivity contribution >= 4 is 29.9 Å². The number of hydrogen-bond donors (Lipinski definition) is 2. The first-order chi connectivity index (χ1) is 10.9. The van der Waals surface area contributed by atoms with E-state index in [9.17, 15) is 0 Å². The summed E-state index contributed by atoms with van der Waals surface area (Å²) < 4.78 is 16.5. The van der Waals surface area contributed by atoms with Gasteiger partial charge in [0, 0.05) is 46.6 Å². The van der Waals surface area contributed by atoms with E-state index in [1.807, 2.05) is 6.92 Å². The van der Waals surface area contributed by atoms with E-state index in [0.717, 1.165) is 77.8 Å². The summed E-state index contributed by atoms with van der Waals surface area (Å²) in [5, 5.41) is 6.60. The highest BCUT2D eigenvalue weighted by Gasteiger charge is 2.14. The molecule has 2 N–H and O–H groups in total. The molecular formula is C16H34IN3O3. The summed E-state index contributed by atoms with van der Waals surface area (Å²) in [5.74, 6) is 0.857. The topological polar surface area (TPSA) is 64.1 Å². The summed E-state index contributed by atoms with van der Waals surface area (Å²) in [7, 11) is 1.80. The molecule has 0 bridgehead atoms. The van der Waals surface area contributed by atoms with Crippen LogP contribution >= 0.6 is 24.0 Å². The molecule has 1 unspecified atom stereocenters. The molecule has 0 aromatic heterocycles. The third kappa shape index (κ3) is 12.9. The molecule has 1 saturated heterocycles. The Balaban J connectivity index is 0.00000484. The smallest absolute Gasteiger partial charge is 0.190 e. The van der Waals surface area contributed by atoms with Crippen molar-refractivity contribution in [3.05, 3.63) is 0 Å². The van der Waals surface area contributed by atoms with Gasteiger partial charge in [-0.15, -0.1) is 24.0 Å². The Kier molecular flexibility index (Phi) is 16.6. The quantitative estimate of drug-likeness (QED) is 0.210. The fraction of sp³-hybridized carbons (Fsp3) is 0.938. The van der Waals surface area contributed by atoms with Gasteiger partial charge in [-0.2, -0.15) is 0 Å². The summed E-state index contributed by atoms with van der Waals surface area (Å²) in [6, 6.07) is 0. The molecular weight excluding hydrogens is 409 g/mol. The zero-order valence-electron chi connectivity index (χ0n) is 14.6. The van der Waals surface area contributed by atoms with Gasteiger partial charge < -0.3 is 24.8 Å². The Hall–Kier alpha value is -0.120. The average Bonchev–Trinajstić information content (AvgIpc) is 3.05. The van der Waals surface area contributed by atoms with E-state index >= 15 is 0 Å². The molecule has 1 rings (SSSR count). The van der Waals surface area contributed by atoms with Gasteiger partial charge in [-0.1, -0.05) is 0 Å². The van der Waals surface area contributed by atoms with Gasteiger partial charge in [0.25, 0.3) is 0 Å². The largest absolute Gasteiger partial charge is 0.382 e. The molecule has 0 spiro atoms. The minimum atomic E-state index is 0. The molecule has 0 radical (unpaired) electrons. The second-order valence-electron chi connectivity index (χ2n) is 5.39. The van der Waals surface area contributed by atoms with Crippen LogP contribution in [0.5, 0.6) is 0 Å². The highest BCUT2D eigenvalue weighted by Crippen LogP contribution is 2.11. The molecule has 6 nitrogen and oxygen atoms in total. The Labute approximate surface area is 158 Å². The maximum Gasteiger partial charge on any atom is 0.190 e. The Morgan fingerprint density at radius 3 is 2.52 bits per heavy atom. The van der Waals surface area contributed by atoms with Crippen LogP contribution in [0.3, 0.4) is 0 Å². The predicted octanol–water partition coefficient (Wildman–Crippen LogP) is 2.17. The van der Waals surface area contributed by atoms with E-state index in [-0.39, 0.29) is 24.0 Å². The van der Waals surface area contributed by atoms with E-state index in [1.54, 1.807) is 7.05 Å². The predicted molar refractivity (Wildman–Crippen MR) is 105 cm³/mol. The minimum absolute atomic E-state index is 0. The minimum Gasteiger partial charge on any atom is -0.382 e. The number of nitrogens with one attached hydrogen (secondary N) is 2. The maximum absolute atomic E-state index is 5.63. The summed E-state index contributed by atoms with van der Waals surface area (Å²) >= 11 is 0. The molecule has 7 heteroatoms. The molecule has 0 aromatic carbocycles. The van der Waals surface area contributed by atoms with Crippen molar-refractivity contribution in [1.82, 2.24) is 10.6 Å². The van der Waals surface area contributed by atoms with Crippen LogP contribution in [0.25, 0.3) is 0 Å². The van der Waals surface area contributed by atoms with E-state index in [0.29, 0.717) is 6.10 Å². The van der Waals surface area contributed by atoms with Gasteiger partial charge in [-0.05, 0) is 39.0 Å². The van der Waals surface area contributed by atoms with Gasteiger partial charge in [0.2, 0.25) is 0 Å². The van der Waals surface area contributed by atoms with Gasteiger partial charge in [-0.25, -0.2) is 0 Å². The zero-order chi connectivity index (χ0) is 15.9. The second-order valence-corrected chi connectivity index (χ2v) is 5.39. The van der Waals surface area contributed by atoms with E-state index < -0.39 is 0 Å². The van der Waals surface area contributed by atoms with Crippen molar-refractivity contribution in [2.24, 2.45) is 4.99 Å². The van der Waals surface area contributed by atoms with Gasteiger partial charge >= 0.3 is 0 Å². The molecule has 0 aliphatic carbocycles.